The van der Waals surface area contributed by atoms with Crippen molar-refractivity contribution in [2.24, 2.45) is 0 Å². The standard InChI is InChI=1S/C22H22FN3O/c23-18-9-5-16(6-10-18)21-20(15-27)24-22(25-21)17-7-11-19(12-8-17)26-13-3-1-2-4-14-26/h5-12,15H,1-4,13-14H2,(H,24,25). The maximum atomic E-state index is 13.2. The third kappa shape index (κ3) is 3.77. The first-order chi connectivity index (χ1) is 13.2. The number of aromatic amines is 1. The number of H-pyrrole nitrogens is 1. The molecule has 2 aromatic carbocycles. The molecule has 1 saturated heterocycles. The van der Waals surface area contributed by atoms with Crippen LogP contribution in [0.25, 0.3) is 22.6 Å². The molecule has 0 unspecified atom stereocenters. The normalized spacial score (nSPS) is 14.8. The van der Waals surface area contributed by atoms with Gasteiger partial charge in [0.25, 0.3) is 0 Å². The van der Waals surface area contributed by atoms with Gasteiger partial charge in [-0.3, -0.25) is 4.79 Å². The van der Waals surface area contributed by atoms with Crippen molar-refractivity contribution in [3.8, 4) is 22.6 Å². The van der Waals surface area contributed by atoms with Gasteiger partial charge in [-0.1, -0.05) is 12.8 Å². The summed E-state index contributed by atoms with van der Waals surface area (Å²) in [6.07, 6.45) is 5.84. The molecule has 3 aromatic rings. The van der Waals surface area contributed by atoms with Crippen LogP contribution in [0.1, 0.15) is 36.2 Å². The second-order valence-corrected chi connectivity index (χ2v) is 6.92. The molecule has 138 valence electrons. The minimum atomic E-state index is -0.314. The molecule has 0 atom stereocenters. The van der Waals surface area contributed by atoms with E-state index in [4.69, 9.17) is 0 Å². The Bertz CT molecular complexity index is 908. The Morgan fingerprint density at radius 3 is 2.15 bits per heavy atom. The van der Waals surface area contributed by atoms with Crippen LogP contribution in [0.5, 0.6) is 0 Å². The number of carbonyl (C=O) groups excluding carboxylic acids is 1. The van der Waals surface area contributed by atoms with E-state index in [1.54, 1.807) is 12.1 Å². The van der Waals surface area contributed by atoms with Gasteiger partial charge in [-0.15, -0.1) is 0 Å². The van der Waals surface area contributed by atoms with Crippen LogP contribution in [0.2, 0.25) is 0 Å². The molecular formula is C22H22FN3O. The first kappa shape index (κ1) is 17.5. The van der Waals surface area contributed by atoms with Crippen molar-refractivity contribution >= 4 is 12.0 Å². The zero-order chi connectivity index (χ0) is 18.6. The molecule has 5 heteroatoms. The minimum Gasteiger partial charge on any atom is -0.372 e. The zero-order valence-corrected chi connectivity index (χ0v) is 15.1. The molecule has 2 heterocycles. The van der Waals surface area contributed by atoms with Gasteiger partial charge >= 0.3 is 0 Å². The van der Waals surface area contributed by atoms with E-state index in [2.05, 4.69) is 27.0 Å². The molecule has 27 heavy (non-hydrogen) atoms. The van der Waals surface area contributed by atoms with Gasteiger partial charge in [0.1, 0.15) is 17.3 Å². The number of aromatic nitrogens is 2. The van der Waals surface area contributed by atoms with Crippen molar-refractivity contribution in [1.82, 2.24) is 9.97 Å². The number of benzene rings is 2. The van der Waals surface area contributed by atoms with E-state index in [-0.39, 0.29) is 5.82 Å². The molecule has 0 radical (unpaired) electrons. The lowest BCUT2D eigenvalue weighted by molar-refractivity contribution is 0.112. The molecule has 1 N–H and O–H groups in total. The molecule has 1 fully saturated rings. The van der Waals surface area contributed by atoms with Crippen LogP contribution in [0.3, 0.4) is 0 Å². The molecular weight excluding hydrogens is 341 g/mol. The summed E-state index contributed by atoms with van der Waals surface area (Å²) in [4.78, 5) is 21.6. The lowest BCUT2D eigenvalue weighted by atomic mass is 10.1. The van der Waals surface area contributed by atoms with E-state index in [9.17, 15) is 9.18 Å². The fourth-order valence-electron chi connectivity index (χ4n) is 3.60. The van der Waals surface area contributed by atoms with Gasteiger partial charge in [-0.2, -0.15) is 0 Å². The van der Waals surface area contributed by atoms with Crippen LogP contribution < -0.4 is 4.90 Å². The van der Waals surface area contributed by atoms with Crippen molar-refractivity contribution in [2.45, 2.75) is 25.7 Å². The number of nitrogens with zero attached hydrogens (tertiary/aromatic N) is 2. The fourth-order valence-corrected chi connectivity index (χ4v) is 3.60. The van der Waals surface area contributed by atoms with Gasteiger partial charge in [0.15, 0.2) is 6.29 Å². The van der Waals surface area contributed by atoms with E-state index < -0.39 is 0 Å². The van der Waals surface area contributed by atoms with Gasteiger partial charge < -0.3 is 9.88 Å². The Hall–Kier alpha value is -2.95. The van der Waals surface area contributed by atoms with Gasteiger partial charge in [-0.05, 0) is 61.4 Å². The SMILES string of the molecule is O=Cc1[nH]c(-c2ccc(N3CCCCCC3)cc2)nc1-c1ccc(F)cc1. The van der Waals surface area contributed by atoms with E-state index >= 15 is 0 Å². The van der Waals surface area contributed by atoms with Gasteiger partial charge in [0.05, 0.1) is 5.69 Å². The van der Waals surface area contributed by atoms with E-state index in [0.717, 1.165) is 24.9 Å². The number of carbonyl (C=O) groups is 1. The van der Waals surface area contributed by atoms with Crippen molar-refractivity contribution in [3.63, 3.8) is 0 Å². The van der Waals surface area contributed by atoms with Crippen molar-refractivity contribution in [2.75, 3.05) is 18.0 Å². The summed E-state index contributed by atoms with van der Waals surface area (Å²) in [7, 11) is 0. The first-order valence-electron chi connectivity index (χ1n) is 9.41. The Morgan fingerprint density at radius 2 is 1.52 bits per heavy atom. The molecule has 1 aliphatic rings. The number of hydrogen-bond donors (Lipinski definition) is 1. The predicted octanol–water partition coefficient (Wildman–Crippen LogP) is 5.08. The quantitative estimate of drug-likeness (QED) is 0.658. The van der Waals surface area contributed by atoms with Gasteiger partial charge in [-0.25, -0.2) is 9.37 Å². The second-order valence-electron chi connectivity index (χ2n) is 6.92. The number of aldehydes is 1. The molecule has 0 saturated carbocycles. The first-order valence-corrected chi connectivity index (χ1v) is 9.41. The highest BCUT2D eigenvalue weighted by Crippen LogP contribution is 2.27. The maximum absolute atomic E-state index is 13.2. The largest absolute Gasteiger partial charge is 0.372 e. The van der Waals surface area contributed by atoms with E-state index in [1.807, 2.05) is 12.1 Å². The summed E-state index contributed by atoms with van der Waals surface area (Å²) in [5.41, 5.74) is 3.79. The summed E-state index contributed by atoms with van der Waals surface area (Å²) < 4.78 is 13.2. The lowest BCUT2D eigenvalue weighted by Crippen LogP contribution is -2.23. The highest BCUT2D eigenvalue weighted by atomic mass is 19.1. The molecule has 0 aliphatic carbocycles. The fraction of sp³-hybridized carbons (Fsp3) is 0.273. The van der Waals surface area contributed by atoms with Gasteiger partial charge in [0, 0.05) is 29.9 Å². The minimum absolute atomic E-state index is 0.314. The summed E-state index contributed by atoms with van der Waals surface area (Å²) in [6, 6.07) is 14.3. The molecule has 4 nitrogen and oxygen atoms in total. The smallest absolute Gasteiger partial charge is 0.168 e. The topological polar surface area (TPSA) is 49.0 Å². The van der Waals surface area contributed by atoms with Crippen molar-refractivity contribution in [1.29, 1.82) is 0 Å². The van der Waals surface area contributed by atoms with E-state index in [1.165, 1.54) is 43.5 Å². The number of hydrogen-bond acceptors (Lipinski definition) is 3. The molecule has 4 rings (SSSR count). The van der Waals surface area contributed by atoms with Gasteiger partial charge in [0.2, 0.25) is 0 Å². The molecule has 0 bridgehead atoms. The van der Waals surface area contributed by atoms with Crippen molar-refractivity contribution < 1.29 is 9.18 Å². The van der Waals surface area contributed by atoms with Crippen LogP contribution in [-0.2, 0) is 0 Å². The number of rotatable bonds is 4. The maximum Gasteiger partial charge on any atom is 0.168 e. The average molecular weight is 363 g/mol. The third-order valence-electron chi connectivity index (χ3n) is 5.08. The second kappa shape index (κ2) is 7.74. The highest BCUT2D eigenvalue weighted by molar-refractivity contribution is 5.85. The Balaban J connectivity index is 1.61. The average Bonchev–Trinajstić information content (AvgIpc) is 2.95. The van der Waals surface area contributed by atoms with Crippen LogP contribution in [0, 0.1) is 5.82 Å². The monoisotopic (exact) mass is 363 g/mol. The van der Waals surface area contributed by atoms with Crippen LogP contribution >= 0.6 is 0 Å². The highest BCUT2D eigenvalue weighted by Gasteiger charge is 2.14. The van der Waals surface area contributed by atoms with Crippen LogP contribution in [-0.4, -0.2) is 29.3 Å². The Morgan fingerprint density at radius 1 is 0.889 bits per heavy atom. The number of anilines is 1. The molecule has 1 aliphatic heterocycles. The number of halogens is 1. The molecule has 0 spiro atoms. The summed E-state index contributed by atoms with van der Waals surface area (Å²) >= 11 is 0. The predicted molar refractivity (Wildman–Crippen MR) is 105 cm³/mol. The molecule has 0 amide bonds. The third-order valence-corrected chi connectivity index (χ3v) is 5.08. The zero-order valence-electron chi connectivity index (χ0n) is 15.1. The Kier molecular flexibility index (Phi) is 5.01. The Labute approximate surface area is 158 Å². The van der Waals surface area contributed by atoms with Crippen LogP contribution in [0.15, 0.2) is 48.5 Å². The lowest BCUT2D eigenvalue weighted by Gasteiger charge is -2.22. The van der Waals surface area contributed by atoms with Crippen molar-refractivity contribution in [3.05, 3.63) is 60.0 Å². The summed E-state index contributed by atoms with van der Waals surface area (Å²) in [5.74, 6) is 0.324. The molecule has 1 aromatic heterocycles. The summed E-state index contributed by atoms with van der Waals surface area (Å²) in [5, 5.41) is 0. The number of imidazole rings is 1. The van der Waals surface area contributed by atoms with Crippen LogP contribution in [0.4, 0.5) is 10.1 Å². The summed E-state index contributed by atoms with van der Waals surface area (Å²) in [6.45, 7) is 2.20. The number of nitrogens with one attached hydrogen (secondary N) is 1. The van der Waals surface area contributed by atoms with E-state index in [0.29, 0.717) is 22.8 Å².